The summed E-state index contributed by atoms with van der Waals surface area (Å²) in [6.07, 6.45) is 4.76. The smallest absolute Gasteiger partial charge is 0.00792 e. The molecule has 0 saturated heterocycles. The van der Waals surface area contributed by atoms with Crippen LogP contribution in [0.4, 0.5) is 0 Å². The minimum atomic E-state index is 0.339. The highest BCUT2D eigenvalue weighted by Crippen LogP contribution is 2.47. The molecule has 0 aromatic carbocycles. The van der Waals surface area contributed by atoms with Crippen LogP contribution < -0.4 is 0 Å². The van der Waals surface area contributed by atoms with Gasteiger partial charge in [-0.1, -0.05) is 51.5 Å². The Labute approximate surface area is 89.1 Å². The van der Waals surface area contributed by atoms with Crippen LogP contribution in [0.15, 0.2) is 23.8 Å². The van der Waals surface area contributed by atoms with Crippen LogP contribution in [0.2, 0.25) is 0 Å². The van der Waals surface area contributed by atoms with Crippen LogP contribution in [0, 0.1) is 17.3 Å². The maximum Gasteiger partial charge on any atom is -0.00792 e. The Balaban J connectivity index is 2.69. The third-order valence-electron chi connectivity index (χ3n) is 3.71. The van der Waals surface area contributed by atoms with Crippen LogP contribution in [-0.4, -0.2) is 0 Å². The third kappa shape index (κ3) is 2.10. The van der Waals surface area contributed by atoms with Crippen molar-refractivity contribution in [3.8, 4) is 0 Å². The molecule has 1 aliphatic carbocycles. The van der Waals surface area contributed by atoms with E-state index < -0.39 is 0 Å². The van der Waals surface area contributed by atoms with E-state index in [4.69, 9.17) is 0 Å². The predicted molar refractivity (Wildman–Crippen MR) is 64.2 cm³/mol. The van der Waals surface area contributed by atoms with Gasteiger partial charge in [-0.15, -0.1) is 0 Å². The van der Waals surface area contributed by atoms with E-state index in [-0.39, 0.29) is 0 Å². The second-order valence-corrected chi connectivity index (χ2v) is 5.65. The molecule has 1 aliphatic rings. The van der Waals surface area contributed by atoms with Gasteiger partial charge in [0.1, 0.15) is 0 Å². The summed E-state index contributed by atoms with van der Waals surface area (Å²) in [5.41, 5.74) is 3.32. The molecule has 0 fully saturated rings. The fourth-order valence-corrected chi connectivity index (χ4v) is 2.47. The molecule has 0 amide bonds. The first-order chi connectivity index (χ1) is 6.35. The Morgan fingerprint density at radius 2 is 2.14 bits per heavy atom. The second-order valence-electron chi connectivity index (χ2n) is 5.65. The summed E-state index contributed by atoms with van der Waals surface area (Å²) in [5, 5.41) is 0. The molecular formula is C14H24. The maximum atomic E-state index is 4.27. The SMILES string of the molecule is C=C(CC(C)C)C1CC=C(C)C1(C)C. The van der Waals surface area contributed by atoms with Crippen molar-refractivity contribution < 1.29 is 0 Å². The minimum Gasteiger partial charge on any atom is -0.0995 e. The highest BCUT2D eigenvalue weighted by Gasteiger charge is 2.36. The number of rotatable bonds is 3. The Morgan fingerprint density at radius 1 is 1.57 bits per heavy atom. The molecule has 0 saturated carbocycles. The van der Waals surface area contributed by atoms with Crippen LogP contribution in [0.5, 0.6) is 0 Å². The minimum absolute atomic E-state index is 0.339. The molecule has 80 valence electrons. The molecule has 1 rings (SSSR count). The number of hydrogen-bond acceptors (Lipinski definition) is 0. The topological polar surface area (TPSA) is 0 Å². The van der Waals surface area contributed by atoms with Crippen molar-refractivity contribution in [3.05, 3.63) is 23.8 Å². The van der Waals surface area contributed by atoms with E-state index in [9.17, 15) is 0 Å². The summed E-state index contributed by atoms with van der Waals surface area (Å²) in [7, 11) is 0. The molecule has 1 unspecified atom stereocenters. The molecule has 0 heterocycles. The van der Waals surface area contributed by atoms with E-state index >= 15 is 0 Å². The number of hydrogen-bond donors (Lipinski definition) is 0. The quantitative estimate of drug-likeness (QED) is 0.574. The summed E-state index contributed by atoms with van der Waals surface area (Å²) < 4.78 is 0. The Bertz CT molecular complexity index is 253. The molecule has 1 atom stereocenters. The molecule has 0 N–H and O–H groups in total. The molecule has 0 bridgehead atoms. The average Bonchev–Trinajstić information content (AvgIpc) is 2.26. The van der Waals surface area contributed by atoms with E-state index in [1.165, 1.54) is 24.0 Å². The summed E-state index contributed by atoms with van der Waals surface area (Å²) in [6, 6.07) is 0. The van der Waals surface area contributed by atoms with Crippen molar-refractivity contribution in [2.24, 2.45) is 17.3 Å². The average molecular weight is 192 g/mol. The standard InChI is InChI=1S/C14H24/c1-10(2)9-11(3)13-8-7-12(4)14(13,5)6/h7,10,13H,3,8-9H2,1-2,4-6H3. The first kappa shape index (κ1) is 11.6. The molecule has 0 heteroatoms. The predicted octanol–water partition coefficient (Wildman–Crippen LogP) is 4.58. The molecule has 0 nitrogen and oxygen atoms in total. The van der Waals surface area contributed by atoms with Crippen molar-refractivity contribution in [1.82, 2.24) is 0 Å². The van der Waals surface area contributed by atoms with Crippen molar-refractivity contribution in [2.75, 3.05) is 0 Å². The molecule has 0 aliphatic heterocycles. The van der Waals surface area contributed by atoms with E-state index in [1.54, 1.807) is 0 Å². The van der Waals surface area contributed by atoms with Gasteiger partial charge < -0.3 is 0 Å². The maximum absolute atomic E-state index is 4.27. The Kier molecular flexibility index (Phi) is 3.24. The van der Waals surface area contributed by atoms with Gasteiger partial charge in [-0.05, 0) is 37.0 Å². The third-order valence-corrected chi connectivity index (χ3v) is 3.71. The van der Waals surface area contributed by atoms with Crippen LogP contribution in [0.1, 0.15) is 47.5 Å². The fourth-order valence-electron chi connectivity index (χ4n) is 2.47. The fraction of sp³-hybridized carbons (Fsp3) is 0.714. The van der Waals surface area contributed by atoms with Gasteiger partial charge in [0.25, 0.3) is 0 Å². The number of allylic oxidation sites excluding steroid dienone is 3. The van der Waals surface area contributed by atoms with E-state index in [2.05, 4.69) is 47.3 Å². The van der Waals surface area contributed by atoms with Gasteiger partial charge in [-0.25, -0.2) is 0 Å². The van der Waals surface area contributed by atoms with Gasteiger partial charge in [0.15, 0.2) is 0 Å². The van der Waals surface area contributed by atoms with Crippen LogP contribution in [0.25, 0.3) is 0 Å². The monoisotopic (exact) mass is 192 g/mol. The first-order valence-corrected chi connectivity index (χ1v) is 5.70. The summed E-state index contributed by atoms with van der Waals surface area (Å²) in [6.45, 7) is 15.8. The van der Waals surface area contributed by atoms with Gasteiger partial charge in [0.05, 0.1) is 0 Å². The van der Waals surface area contributed by atoms with Gasteiger partial charge in [0.2, 0.25) is 0 Å². The van der Waals surface area contributed by atoms with Crippen LogP contribution in [0.3, 0.4) is 0 Å². The van der Waals surface area contributed by atoms with Gasteiger partial charge >= 0.3 is 0 Å². The lowest BCUT2D eigenvalue weighted by Crippen LogP contribution is -2.22. The summed E-state index contributed by atoms with van der Waals surface area (Å²) in [4.78, 5) is 0. The lowest BCUT2D eigenvalue weighted by Gasteiger charge is -2.32. The van der Waals surface area contributed by atoms with E-state index in [0.29, 0.717) is 11.3 Å². The van der Waals surface area contributed by atoms with Gasteiger partial charge in [-0.2, -0.15) is 0 Å². The zero-order valence-electron chi connectivity index (χ0n) is 10.4. The molecular weight excluding hydrogens is 168 g/mol. The zero-order valence-corrected chi connectivity index (χ0v) is 10.4. The van der Waals surface area contributed by atoms with Crippen LogP contribution >= 0.6 is 0 Å². The van der Waals surface area contributed by atoms with Crippen molar-refractivity contribution in [1.29, 1.82) is 0 Å². The first-order valence-electron chi connectivity index (χ1n) is 5.70. The Morgan fingerprint density at radius 3 is 2.50 bits per heavy atom. The lowest BCUT2D eigenvalue weighted by atomic mass is 9.73. The van der Waals surface area contributed by atoms with Crippen molar-refractivity contribution in [2.45, 2.75) is 47.5 Å². The normalized spacial score (nSPS) is 25.3. The van der Waals surface area contributed by atoms with E-state index in [0.717, 1.165) is 5.92 Å². The highest BCUT2D eigenvalue weighted by molar-refractivity contribution is 5.25. The highest BCUT2D eigenvalue weighted by atomic mass is 14.4. The lowest BCUT2D eigenvalue weighted by molar-refractivity contribution is 0.323. The van der Waals surface area contributed by atoms with Gasteiger partial charge in [0, 0.05) is 0 Å². The summed E-state index contributed by atoms with van der Waals surface area (Å²) >= 11 is 0. The molecule has 0 aromatic rings. The van der Waals surface area contributed by atoms with Crippen LogP contribution in [-0.2, 0) is 0 Å². The second kappa shape index (κ2) is 3.92. The van der Waals surface area contributed by atoms with Crippen molar-refractivity contribution >= 4 is 0 Å². The van der Waals surface area contributed by atoms with Gasteiger partial charge in [-0.3, -0.25) is 0 Å². The zero-order chi connectivity index (χ0) is 10.9. The largest absolute Gasteiger partial charge is 0.0995 e. The molecule has 0 radical (unpaired) electrons. The Hall–Kier alpha value is -0.520. The van der Waals surface area contributed by atoms with E-state index in [1.807, 2.05) is 0 Å². The molecule has 0 spiro atoms. The molecule has 14 heavy (non-hydrogen) atoms. The van der Waals surface area contributed by atoms with Crippen molar-refractivity contribution in [3.63, 3.8) is 0 Å². The molecule has 0 aromatic heterocycles. The summed E-state index contributed by atoms with van der Waals surface area (Å²) in [5.74, 6) is 1.41.